The number of nitrogens with two attached hydrogens (primary N) is 2. The highest BCUT2D eigenvalue weighted by Crippen LogP contribution is 2.23. The lowest BCUT2D eigenvalue weighted by Crippen LogP contribution is -2.06. The van der Waals surface area contributed by atoms with Crippen LogP contribution < -0.4 is 16.2 Å². The van der Waals surface area contributed by atoms with E-state index in [-0.39, 0.29) is 0 Å². The molecule has 0 aliphatic heterocycles. The van der Waals surface area contributed by atoms with Crippen molar-refractivity contribution in [3.63, 3.8) is 0 Å². The number of unbranched alkanes of at least 4 members (excludes halogenated alkanes) is 2. The molecule has 0 amide bonds. The predicted octanol–water partition coefficient (Wildman–Crippen LogP) is 4.20. The fourth-order valence-corrected chi connectivity index (χ4v) is 2.40. The summed E-state index contributed by atoms with van der Waals surface area (Å²) in [5.74, 6) is -0.157. The summed E-state index contributed by atoms with van der Waals surface area (Å²) in [6, 6.07) is 13.0. The molecule has 4 N–H and O–H groups in total. The summed E-state index contributed by atoms with van der Waals surface area (Å²) >= 11 is 0. The van der Waals surface area contributed by atoms with Crippen LogP contribution in [0, 0.1) is 0 Å². The van der Waals surface area contributed by atoms with Crippen LogP contribution in [0.4, 0.5) is 11.4 Å². The van der Waals surface area contributed by atoms with Crippen molar-refractivity contribution in [1.82, 2.24) is 0 Å². The third-order valence-electron chi connectivity index (χ3n) is 3.68. The molecule has 2 aromatic rings. The molecule has 0 fully saturated rings. The number of rotatable bonds is 7. The molecule has 24 heavy (non-hydrogen) atoms. The number of hydrogen-bond acceptors (Lipinski definition) is 4. The lowest BCUT2D eigenvalue weighted by molar-refractivity contribution is -0.128. The van der Waals surface area contributed by atoms with Crippen molar-refractivity contribution in [2.24, 2.45) is 0 Å². The van der Waals surface area contributed by atoms with E-state index in [1.807, 2.05) is 12.1 Å². The van der Waals surface area contributed by atoms with Crippen LogP contribution in [0.1, 0.15) is 37.3 Å². The van der Waals surface area contributed by atoms with Crippen LogP contribution in [0.3, 0.4) is 0 Å². The number of ether oxygens (including phenoxy) is 1. The first-order chi connectivity index (χ1) is 11.6. The van der Waals surface area contributed by atoms with E-state index in [1.165, 1.54) is 30.9 Å². The summed E-state index contributed by atoms with van der Waals surface area (Å²) in [5.41, 5.74) is 14.5. The van der Waals surface area contributed by atoms with E-state index < -0.39 is 5.97 Å². The molecular formula is C20H24N2O2. The third kappa shape index (κ3) is 5.47. The molecule has 0 saturated carbocycles. The van der Waals surface area contributed by atoms with Crippen LogP contribution in [-0.4, -0.2) is 5.97 Å². The minimum atomic E-state index is -0.470. The smallest absolute Gasteiger partial charge is 0.336 e. The van der Waals surface area contributed by atoms with Crippen LogP contribution in [0.2, 0.25) is 0 Å². The van der Waals surface area contributed by atoms with E-state index in [0.29, 0.717) is 17.1 Å². The second-order valence-corrected chi connectivity index (χ2v) is 5.75. The van der Waals surface area contributed by atoms with Gasteiger partial charge >= 0.3 is 5.97 Å². The van der Waals surface area contributed by atoms with Crippen molar-refractivity contribution in [1.29, 1.82) is 0 Å². The lowest BCUT2D eigenvalue weighted by Gasteiger charge is -2.05. The van der Waals surface area contributed by atoms with Crippen molar-refractivity contribution in [3.8, 4) is 5.75 Å². The zero-order valence-electron chi connectivity index (χ0n) is 14.0. The largest absolute Gasteiger partial charge is 0.421 e. The number of carbonyl (C=O) groups excluding carboxylic acids is 1. The van der Waals surface area contributed by atoms with Gasteiger partial charge in [0.2, 0.25) is 0 Å². The van der Waals surface area contributed by atoms with Gasteiger partial charge in [0.1, 0.15) is 0 Å². The highest BCUT2D eigenvalue weighted by molar-refractivity contribution is 5.89. The van der Waals surface area contributed by atoms with Gasteiger partial charge in [0.25, 0.3) is 0 Å². The molecule has 0 unspecified atom stereocenters. The van der Waals surface area contributed by atoms with E-state index in [9.17, 15) is 4.79 Å². The minimum Gasteiger partial charge on any atom is -0.421 e. The van der Waals surface area contributed by atoms with Crippen molar-refractivity contribution in [3.05, 3.63) is 59.7 Å². The van der Waals surface area contributed by atoms with E-state index >= 15 is 0 Å². The lowest BCUT2D eigenvalue weighted by atomic mass is 10.0. The molecule has 0 atom stereocenters. The van der Waals surface area contributed by atoms with Crippen molar-refractivity contribution in [2.45, 2.75) is 32.6 Å². The first kappa shape index (κ1) is 17.6. The standard InChI is InChI=1S/C20H24N2O2/c1-2-3-4-6-15-7-5-8-16(13-15)9-12-20(23)24-19-11-10-17(21)14-18(19)22/h5,7-14H,2-4,6,21-22H2,1H3. The highest BCUT2D eigenvalue weighted by Gasteiger charge is 2.05. The van der Waals surface area contributed by atoms with Crippen LogP contribution in [0.15, 0.2) is 48.5 Å². The summed E-state index contributed by atoms with van der Waals surface area (Å²) in [6.45, 7) is 2.19. The van der Waals surface area contributed by atoms with E-state index in [1.54, 1.807) is 24.3 Å². The average Bonchev–Trinajstić information content (AvgIpc) is 2.56. The Morgan fingerprint density at radius 2 is 1.96 bits per heavy atom. The Kier molecular flexibility index (Phi) is 6.43. The predicted molar refractivity (Wildman–Crippen MR) is 99.6 cm³/mol. The molecule has 0 saturated heterocycles. The second-order valence-electron chi connectivity index (χ2n) is 5.75. The van der Waals surface area contributed by atoms with Gasteiger partial charge in [-0.1, -0.05) is 44.0 Å². The zero-order valence-corrected chi connectivity index (χ0v) is 14.0. The summed E-state index contributed by atoms with van der Waals surface area (Å²) in [6.07, 6.45) is 7.83. The molecule has 2 rings (SSSR count). The van der Waals surface area contributed by atoms with Gasteiger partial charge in [-0.3, -0.25) is 0 Å². The Morgan fingerprint density at radius 1 is 1.12 bits per heavy atom. The molecule has 0 aliphatic carbocycles. The molecule has 0 aromatic heterocycles. The Hall–Kier alpha value is -2.75. The van der Waals surface area contributed by atoms with Gasteiger partial charge in [-0.05, 0) is 48.2 Å². The molecule has 0 aliphatic rings. The van der Waals surface area contributed by atoms with Gasteiger partial charge in [0.15, 0.2) is 5.75 Å². The Labute approximate surface area is 143 Å². The van der Waals surface area contributed by atoms with Crippen LogP contribution in [-0.2, 0) is 11.2 Å². The summed E-state index contributed by atoms with van der Waals surface area (Å²) < 4.78 is 5.23. The van der Waals surface area contributed by atoms with Crippen LogP contribution in [0.5, 0.6) is 5.75 Å². The second kappa shape index (κ2) is 8.77. The SMILES string of the molecule is CCCCCc1cccc(C=CC(=O)Oc2ccc(N)cc2N)c1. The van der Waals surface area contributed by atoms with Gasteiger partial charge in [0.05, 0.1) is 5.69 Å². The summed E-state index contributed by atoms with van der Waals surface area (Å²) in [4.78, 5) is 11.9. The van der Waals surface area contributed by atoms with Gasteiger partial charge < -0.3 is 16.2 Å². The van der Waals surface area contributed by atoms with Crippen molar-refractivity contribution < 1.29 is 9.53 Å². The first-order valence-electron chi connectivity index (χ1n) is 8.22. The zero-order chi connectivity index (χ0) is 17.4. The van der Waals surface area contributed by atoms with Gasteiger partial charge in [-0.15, -0.1) is 0 Å². The molecule has 0 radical (unpaired) electrons. The highest BCUT2D eigenvalue weighted by atomic mass is 16.5. The summed E-state index contributed by atoms with van der Waals surface area (Å²) in [5, 5.41) is 0. The molecule has 0 spiro atoms. The number of esters is 1. The molecule has 0 bridgehead atoms. The van der Waals surface area contributed by atoms with Crippen LogP contribution >= 0.6 is 0 Å². The van der Waals surface area contributed by atoms with Gasteiger partial charge in [-0.25, -0.2) is 4.79 Å². The quantitative estimate of drug-likeness (QED) is 0.263. The Morgan fingerprint density at radius 3 is 2.71 bits per heavy atom. The monoisotopic (exact) mass is 324 g/mol. The van der Waals surface area contributed by atoms with Crippen molar-refractivity contribution in [2.75, 3.05) is 11.5 Å². The molecule has 4 nitrogen and oxygen atoms in total. The molecule has 2 aromatic carbocycles. The van der Waals surface area contributed by atoms with Gasteiger partial charge in [-0.2, -0.15) is 0 Å². The number of aryl methyl sites for hydroxylation is 1. The number of hydrogen-bond donors (Lipinski definition) is 2. The molecule has 4 heteroatoms. The van der Waals surface area contributed by atoms with Crippen molar-refractivity contribution >= 4 is 23.4 Å². The van der Waals surface area contributed by atoms with E-state index in [0.717, 1.165) is 12.0 Å². The number of carbonyl (C=O) groups is 1. The topological polar surface area (TPSA) is 78.3 Å². The first-order valence-corrected chi connectivity index (χ1v) is 8.22. The number of benzene rings is 2. The average molecular weight is 324 g/mol. The fraction of sp³-hybridized carbons (Fsp3) is 0.250. The van der Waals surface area contributed by atoms with Gasteiger partial charge in [0, 0.05) is 11.8 Å². The molecular weight excluding hydrogens is 300 g/mol. The normalized spacial score (nSPS) is 10.9. The number of anilines is 2. The fourth-order valence-electron chi connectivity index (χ4n) is 2.40. The third-order valence-corrected chi connectivity index (χ3v) is 3.68. The maximum absolute atomic E-state index is 11.9. The van der Waals surface area contributed by atoms with E-state index in [2.05, 4.69) is 19.1 Å². The maximum atomic E-state index is 11.9. The molecule has 0 heterocycles. The minimum absolute atomic E-state index is 0.312. The van der Waals surface area contributed by atoms with E-state index in [4.69, 9.17) is 16.2 Å². The number of nitrogen functional groups attached to an aromatic ring is 2. The maximum Gasteiger partial charge on any atom is 0.336 e. The Balaban J connectivity index is 1.97. The Bertz CT molecular complexity index is 723. The summed E-state index contributed by atoms with van der Waals surface area (Å²) in [7, 11) is 0. The molecule has 126 valence electrons. The van der Waals surface area contributed by atoms with Crippen LogP contribution in [0.25, 0.3) is 6.08 Å².